The maximum atomic E-state index is 12.9. The van der Waals surface area contributed by atoms with Crippen LogP contribution in [0.25, 0.3) is 21.5 Å². The molecule has 0 unspecified atom stereocenters. The molecule has 1 aliphatic heterocycles. The Morgan fingerprint density at radius 3 is 2.88 bits per heavy atom. The third kappa shape index (κ3) is 3.74. The van der Waals surface area contributed by atoms with Gasteiger partial charge in [-0.05, 0) is 24.3 Å². The van der Waals surface area contributed by atoms with E-state index in [-0.39, 0.29) is 24.2 Å². The number of nitriles is 1. The van der Waals surface area contributed by atoms with E-state index in [1.54, 1.807) is 23.4 Å². The van der Waals surface area contributed by atoms with Gasteiger partial charge in [-0.15, -0.1) is 11.3 Å². The molecule has 3 aromatic heterocycles. The number of thiophene rings is 1. The van der Waals surface area contributed by atoms with Crippen molar-refractivity contribution in [3.8, 4) is 16.5 Å². The number of likely N-dealkylation sites (tertiary alicyclic amines) is 1. The number of imidazole rings is 1. The van der Waals surface area contributed by atoms with Crippen LogP contribution in [0.15, 0.2) is 48.8 Å². The summed E-state index contributed by atoms with van der Waals surface area (Å²) in [5.74, 6) is 0.358. The zero-order valence-corrected chi connectivity index (χ0v) is 17.8. The molecule has 0 atom stereocenters. The van der Waals surface area contributed by atoms with E-state index < -0.39 is 0 Å². The summed E-state index contributed by atoms with van der Waals surface area (Å²) in [6, 6.07) is 13.3. The van der Waals surface area contributed by atoms with E-state index in [9.17, 15) is 9.59 Å². The molecule has 0 bridgehead atoms. The lowest BCUT2D eigenvalue weighted by Gasteiger charge is -2.39. The standard InChI is InChI=1S/C22H19N7O2S/c23-8-7-20(30)28-11-14(12-28)13-29-17-4-2-1-3-16(17)26-22(29)27-21(31)19-6-5-18(32-19)15-9-24-25-10-15/h1-6,9-10,14H,7,11-13H2,(H,24,25)(H,26,27,31). The molecule has 9 nitrogen and oxygen atoms in total. The molecule has 2 amide bonds. The average Bonchev–Trinajstić information content (AvgIpc) is 3.50. The molecular weight excluding hydrogens is 426 g/mol. The molecule has 160 valence electrons. The van der Waals surface area contributed by atoms with Crippen molar-refractivity contribution in [2.75, 3.05) is 18.4 Å². The van der Waals surface area contributed by atoms with Gasteiger partial charge in [0.15, 0.2) is 0 Å². The third-order valence-electron chi connectivity index (χ3n) is 5.47. The van der Waals surface area contributed by atoms with Crippen LogP contribution in [-0.2, 0) is 11.3 Å². The number of fused-ring (bicyclic) bond motifs is 1. The van der Waals surface area contributed by atoms with Crippen LogP contribution in [0.1, 0.15) is 16.1 Å². The van der Waals surface area contributed by atoms with Gasteiger partial charge in [-0.2, -0.15) is 10.4 Å². The van der Waals surface area contributed by atoms with Gasteiger partial charge < -0.3 is 9.47 Å². The van der Waals surface area contributed by atoms with Crippen molar-refractivity contribution >= 4 is 40.1 Å². The SMILES string of the molecule is N#CCC(=O)N1CC(Cn2c(NC(=O)c3ccc(-c4cn[nH]c4)s3)nc3ccccc32)C1. The maximum absolute atomic E-state index is 12.9. The molecule has 4 aromatic rings. The fraction of sp³-hybridized carbons (Fsp3) is 0.227. The number of hydrogen-bond donors (Lipinski definition) is 2. The molecule has 10 heteroatoms. The number of nitrogens with one attached hydrogen (secondary N) is 2. The minimum atomic E-state index is -0.222. The second kappa shape index (κ2) is 8.28. The molecule has 32 heavy (non-hydrogen) atoms. The monoisotopic (exact) mass is 445 g/mol. The molecule has 2 N–H and O–H groups in total. The summed E-state index contributed by atoms with van der Waals surface area (Å²) in [4.78, 5) is 32.7. The molecule has 1 saturated heterocycles. The molecule has 4 heterocycles. The fourth-order valence-corrected chi connectivity index (χ4v) is 4.73. The second-order valence-corrected chi connectivity index (χ2v) is 8.72. The highest BCUT2D eigenvalue weighted by atomic mass is 32.1. The van der Waals surface area contributed by atoms with Crippen molar-refractivity contribution < 1.29 is 9.59 Å². The number of amides is 2. The van der Waals surface area contributed by atoms with E-state index in [1.807, 2.05) is 41.0 Å². The van der Waals surface area contributed by atoms with E-state index in [4.69, 9.17) is 5.26 Å². The fourth-order valence-electron chi connectivity index (χ4n) is 3.85. The quantitative estimate of drug-likeness (QED) is 0.473. The van der Waals surface area contributed by atoms with Crippen LogP contribution in [0.5, 0.6) is 0 Å². The van der Waals surface area contributed by atoms with Crippen LogP contribution in [-0.4, -0.2) is 49.6 Å². The number of H-pyrrole nitrogens is 1. The van der Waals surface area contributed by atoms with Crippen LogP contribution in [0, 0.1) is 17.2 Å². The summed E-state index contributed by atoms with van der Waals surface area (Å²) < 4.78 is 1.99. The smallest absolute Gasteiger partial charge is 0.268 e. The topological polar surface area (TPSA) is 120 Å². The molecule has 1 aromatic carbocycles. The summed E-state index contributed by atoms with van der Waals surface area (Å²) in [5, 5.41) is 18.4. The number of rotatable bonds is 6. The Morgan fingerprint density at radius 2 is 2.09 bits per heavy atom. The number of carbonyl (C=O) groups is 2. The van der Waals surface area contributed by atoms with Gasteiger partial charge in [0.1, 0.15) is 6.42 Å². The Kier molecular flexibility index (Phi) is 5.17. The number of nitrogens with zero attached hydrogens (tertiary/aromatic N) is 5. The Bertz CT molecular complexity index is 1330. The van der Waals surface area contributed by atoms with E-state index in [0.29, 0.717) is 30.5 Å². The number of carbonyl (C=O) groups excluding carboxylic acids is 2. The van der Waals surface area contributed by atoms with Crippen LogP contribution < -0.4 is 5.32 Å². The first-order valence-corrected chi connectivity index (χ1v) is 10.9. The number of anilines is 1. The second-order valence-electron chi connectivity index (χ2n) is 7.64. The number of benzene rings is 1. The first-order chi connectivity index (χ1) is 15.6. The number of aromatic nitrogens is 4. The third-order valence-corrected chi connectivity index (χ3v) is 6.61. The zero-order valence-electron chi connectivity index (χ0n) is 17.0. The van der Waals surface area contributed by atoms with Gasteiger partial charge in [0.05, 0.1) is 28.2 Å². The molecule has 0 spiro atoms. The van der Waals surface area contributed by atoms with Gasteiger partial charge in [0, 0.05) is 42.2 Å². The predicted molar refractivity (Wildman–Crippen MR) is 120 cm³/mol. The lowest BCUT2D eigenvalue weighted by Crippen LogP contribution is -2.51. The summed E-state index contributed by atoms with van der Waals surface area (Å²) in [5.41, 5.74) is 2.65. The lowest BCUT2D eigenvalue weighted by atomic mass is 9.99. The predicted octanol–water partition coefficient (Wildman–Crippen LogP) is 3.11. The van der Waals surface area contributed by atoms with Gasteiger partial charge in [-0.3, -0.25) is 20.0 Å². The van der Waals surface area contributed by atoms with Crippen molar-refractivity contribution in [3.05, 3.63) is 53.7 Å². The first kappa shape index (κ1) is 20.0. The van der Waals surface area contributed by atoms with Gasteiger partial charge in [-0.25, -0.2) is 4.98 Å². The summed E-state index contributed by atoms with van der Waals surface area (Å²) in [7, 11) is 0. The van der Waals surface area contributed by atoms with Crippen molar-refractivity contribution in [2.45, 2.75) is 13.0 Å². The molecule has 0 radical (unpaired) electrons. The van der Waals surface area contributed by atoms with Gasteiger partial charge in [-0.1, -0.05) is 12.1 Å². The largest absolute Gasteiger partial charge is 0.341 e. The van der Waals surface area contributed by atoms with Crippen LogP contribution in [0.2, 0.25) is 0 Å². The summed E-state index contributed by atoms with van der Waals surface area (Å²) in [6.07, 6.45) is 3.41. The minimum Gasteiger partial charge on any atom is -0.341 e. The van der Waals surface area contributed by atoms with Crippen molar-refractivity contribution in [1.82, 2.24) is 24.6 Å². The van der Waals surface area contributed by atoms with Crippen molar-refractivity contribution in [3.63, 3.8) is 0 Å². The van der Waals surface area contributed by atoms with E-state index in [0.717, 1.165) is 21.5 Å². The first-order valence-electron chi connectivity index (χ1n) is 10.1. The van der Waals surface area contributed by atoms with Gasteiger partial charge in [0.2, 0.25) is 11.9 Å². The molecular formula is C22H19N7O2S. The van der Waals surface area contributed by atoms with Gasteiger partial charge >= 0.3 is 0 Å². The number of para-hydroxylation sites is 2. The van der Waals surface area contributed by atoms with Crippen molar-refractivity contribution in [2.24, 2.45) is 5.92 Å². The molecule has 0 aliphatic carbocycles. The maximum Gasteiger partial charge on any atom is 0.268 e. The minimum absolute atomic E-state index is 0.0936. The highest BCUT2D eigenvalue weighted by molar-refractivity contribution is 7.17. The molecule has 0 saturated carbocycles. The van der Waals surface area contributed by atoms with Crippen LogP contribution in [0.4, 0.5) is 5.95 Å². The van der Waals surface area contributed by atoms with E-state index in [2.05, 4.69) is 20.5 Å². The number of hydrogen-bond acceptors (Lipinski definition) is 6. The molecule has 1 aliphatic rings. The summed E-state index contributed by atoms with van der Waals surface area (Å²) in [6.45, 7) is 1.82. The van der Waals surface area contributed by atoms with Crippen LogP contribution in [0.3, 0.4) is 0 Å². The highest BCUT2D eigenvalue weighted by Crippen LogP contribution is 2.29. The Morgan fingerprint density at radius 1 is 1.25 bits per heavy atom. The van der Waals surface area contributed by atoms with Gasteiger partial charge in [0.25, 0.3) is 5.91 Å². The Labute approximate surface area is 187 Å². The number of aromatic amines is 1. The van der Waals surface area contributed by atoms with Crippen molar-refractivity contribution in [1.29, 1.82) is 5.26 Å². The van der Waals surface area contributed by atoms with Crippen LogP contribution >= 0.6 is 11.3 Å². The highest BCUT2D eigenvalue weighted by Gasteiger charge is 2.31. The summed E-state index contributed by atoms with van der Waals surface area (Å²) >= 11 is 1.39. The lowest BCUT2D eigenvalue weighted by molar-refractivity contribution is -0.136. The normalized spacial score (nSPS) is 13.7. The van der Waals surface area contributed by atoms with E-state index >= 15 is 0 Å². The zero-order chi connectivity index (χ0) is 22.1. The molecule has 1 fully saturated rings. The average molecular weight is 446 g/mol. The Hall–Kier alpha value is -3.97. The van der Waals surface area contributed by atoms with E-state index in [1.165, 1.54) is 11.3 Å². The molecule has 5 rings (SSSR count). The Balaban J connectivity index is 1.35.